The van der Waals surface area contributed by atoms with Gasteiger partial charge in [0.15, 0.2) is 5.78 Å². The van der Waals surface area contributed by atoms with Gasteiger partial charge in [-0.1, -0.05) is 12.1 Å². The number of rotatable bonds is 6. The van der Waals surface area contributed by atoms with Gasteiger partial charge in [-0.2, -0.15) is 0 Å². The molecule has 166 valence electrons. The summed E-state index contributed by atoms with van der Waals surface area (Å²) in [5.41, 5.74) is 2.59. The molecule has 0 aliphatic carbocycles. The van der Waals surface area contributed by atoms with Gasteiger partial charge in [-0.05, 0) is 49.9 Å². The Morgan fingerprint density at radius 3 is 2.69 bits per heavy atom. The van der Waals surface area contributed by atoms with Gasteiger partial charge in [-0.15, -0.1) is 0 Å². The van der Waals surface area contributed by atoms with Crippen molar-refractivity contribution in [2.24, 2.45) is 0 Å². The van der Waals surface area contributed by atoms with Crippen LogP contribution in [0.1, 0.15) is 28.4 Å². The number of hydrogen-bond acceptors (Lipinski definition) is 5. The number of nitrogens with zero attached hydrogens (tertiary/aromatic N) is 2. The van der Waals surface area contributed by atoms with Crippen molar-refractivity contribution in [3.8, 4) is 5.75 Å². The van der Waals surface area contributed by atoms with Crippen molar-refractivity contribution in [3.63, 3.8) is 0 Å². The Kier molecular flexibility index (Phi) is 5.68. The number of ether oxygens (including phenoxy) is 1. The van der Waals surface area contributed by atoms with Crippen LogP contribution in [-0.4, -0.2) is 72.9 Å². The van der Waals surface area contributed by atoms with Gasteiger partial charge >= 0.3 is 0 Å². The highest BCUT2D eigenvalue weighted by molar-refractivity contribution is 6.24. The minimum atomic E-state index is -0.870. The third-order valence-corrected chi connectivity index (χ3v) is 6.38. The van der Waals surface area contributed by atoms with Crippen LogP contribution in [0.5, 0.6) is 5.75 Å². The van der Waals surface area contributed by atoms with E-state index in [2.05, 4.69) is 27.1 Å². The fourth-order valence-electron chi connectivity index (χ4n) is 4.50. The topological polar surface area (TPSA) is 77.7 Å². The Balaban J connectivity index is 1.24. The van der Waals surface area contributed by atoms with E-state index >= 15 is 0 Å². The normalized spacial score (nSPS) is 19.7. The highest BCUT2D eigenvalue weighted by atomic mass is 16.5. The van der Waals surface area contributed by atoms with Crippen molar-refractivity contribution in [2.75, 3.05) is 51.7 Å². The number of fused-ring (bicyclic) bond motifs is 2. The van der Waals surface area contributed by atoms with Crippen LogP contribution in [0.25, 0.3) is 10.9 Å². The maximum Gasteiger partial charge on any atom is 0.241 e. The monoisotopic (exact) mass is 432 g/mol. The highest BCUT2D eigenvalue weighted by Gasteiger charge is 2.36. The summed E-state index contributed by atoms with van der Waals surface area (Å²) in [6, 6.07) is 14.8. The maximum atomic E-state index is 13.0. The molecule has 1 aromatic heterocycles. The fourth-order valence-corrected chi connectivity index (χ4v) is 4.50. The summed E-state index contributed by atoms with van der Waals surface area (Å²) in [6.07, 6.45) is 0.982. The largest absolute Gasteiger partial charge is 0.494 e. The summed E-state index contributed by atoms with van der Waals surface area (Å²) < 4.78 is 5.97. The summed E-state index contributed by atoms with van der Waals surface area (Å²) >= 11 is 0. The van der Waals surface area contributed by atoms with E-state index in [-0.39, 0.29) is 11.7 Å². The zero-order chi connectivity index (χ0) is 22.1. The molecular formula is C25H28N4O3. The lowest BCUT2D eigenvalue weighted by atomic mass is 9.89. The van der Waals surface area contributed by atoms with Crippen LogP contribution < -0.4 is 10.1 Å². The van der Waals surface area contributed by atoms with Crippen molar-refractivity contribution in [3.05, 3.63) is 59.8 Å². The van der Waals surface area contributed by atoms with Crippen molar-refractivity contribution in [1.29, 1.82) is 0 Å². The molecule has 2 aromatic carbocycles. The van der Waals surface area contributed by atoms with Crippen LogP contribution >= 0.6 is 0 Å². The molecule has 2 N–H and O–H groups in total. The average molecular weight is 433 g/mol. The molecule has 1 fully saturated rings. The molecular weight excluding hydrogens is 404 g/mol. The molecule has 7 nitrogen and oxygen atoms in total. The number of para-hydroxylation sites is 1. The average Bonchev–Trinajstić information content (AvgIpc) is 3.21. The zero-order valence-corrected chi connectivity index (χ0v) is 18.3. The van der Waals surface area contributed by atoms with Crippen molar-refractivity contribution in [2.45, 2.75) is 12.3 Å². The zero-order valence-electron chi connectivity index (χ0n) is 18.3. The molecule has 1 unspecified atom stereocenters. The SMILES string of the molecule is CN1CCN(CCCOc2ccc3[nH]c(C4C(=O)Nc5ccccc5C4=O)cc3c2)CC1. The Bertz CT molecular complexity index is 1150. The predicted molar refractivity (Wildman–Crippen MR) is 124 cm³/mol. The van der Waals surface area contributed by atoms with Crippen LogP contribution in [-0.2, 0) is 4.79 Å². The van der Waals surface area contributed by atoms with Crippen LogP contribution in [0.3, 0.4) is 0 Å². The Morgan fingerprint density at radius 1 is 1.03 bits per heavy atom. The summed E-state index contributed by atoms with van der Waals surface area (Å²) in [5.74, 6) is -0.562. The Labute approximate surface area is 187 Å². The van der Waals surface area contributed by atoms with Gasteiger partial charge in [0.05, 0.1) is 12.3 Å². The van der Waals surface area contributed by atoms with Gasteiger partial charge in [0.2, 0.25) is 5.91 Å². The molecule has 0 spiro atoms. The van der Waals surface area contributed by atoms with E-state index < -0.39 is 5.92 Å². The van der Waals surface area contributed by atoms with Crippen LogP contribution in [0.2, 0.25) is 0 Å². The third-order valence-electron chi connectivity index (χ3n) is 6.38. The second-order valence-electron chi connectivity index (χ2n) is 8.65. The number of anilines is 1. The second-order valence-corrected chi connectivity index (χ2v) is 8.65. The van der Waals surface area contributed by atoms with Crippen LogP contribution in [0, 0.1) is 0 Å². The quantitative estimate of drug-likeness (QED) is 0.462. The Hall–Kier alpha value is -3.16. The molecule has 0 radical (unpaired) electrons. The summed E-state index contributed by atoms with van der Waals surface area (Å²) in [7, 11) is 2.17. The first-order valence-corrected chi connectivity index (χ1v) is 11.2. The molecule has 2 aliphatic heterocycles. The molecule has 32 heavy (non-hydrogen) atoms. The van der Waals surface area contributed by atoms with Crippen molar-refractivity contribution in [1.82, 2.24) is 14.8 Å². The fraction of sp³-hybridized carbons (Fsp3) is 0.360. The number of hydrogen-bond donors (Lipinski definition) is 2. The predicted octanol–water partition coefficient (Wildman–Crippen LogP) is 3.10. The molecule has 3 aromatic rings. The number of aromatic amines is 1. The van der Waals surface area contributed by atoms with Gasteiger partial charge in [0, 0.05) is 54.9 Å². The van der Waals surface area contributed by atoms with E-state index in [4.69, 9.17) is 4.74 Å². The van der Waals surface area contributed by atoms with E-state index in [0.29, 0.717) is 23.6 Å². The molecule has 1 amide bonds. The first kappa shape index (κ1) is 20.7. The smallest absolute Gasteiger partial charge is 0.241 e. The van der Waals surface area contributed by atoms with Crippen molar-refractivity contribution >= 4 is 28.3 Å². The van der Waals surface area contributed by atoms with Crippen molar-refractivity contribution < 1.29 is 14.3 Å². The Morgan fingerprint density at radius 2 is 1.84 bits per heavy atom. The number of H-pyrrole nitrogens is 1. The lowest BCUT2D eigenvalue weighted by Crippen LogP contribution is -2.44. The van der Waals surface area contributed by atoms with Gasteiger partial charge < -0.3 is 24.8 Å². The minimum absolute atomic E-state index is 0.184. The molecule has 2 aliphatic rings. The lowest BCUT2D eigenvalue weighted by Gasteiger charge is -2.32. The number of aromatic nitrogens is 1. The molecule has 7 heteroatoms. The summed E-state index contributed by atoms with van der Waals surface area (Å²) in [6.45, 7) is 6.19. The standard InChI is InChI=1S/C25H28N4O3/c1-28-10-12-29(13-11-28)9-4-14-32-18-7-8-20-17(15-18)16-22(26-20)23-24(30)19-5-2-3-6-21(19)27-25(23)31/h2-3,5-8,15-16,23,26H,4,9-14H2,1H3,(H,27,31). The summed E-state index contributed by atoms with van der Waals surface area (Å²) in [4.78, 5) is 33.7. The van der Waals surface area contributed by atoms with Gasteiger partial charge in [0.25, 0.3) is 0 Å². The second kappa shape index (κ2) is 8.76. The number of benzene rings is 2. The number of carbonyl (C=O) groups is 2. The highest BCUT2D eigenvalue weighted by Crippen LogP contribution is 2.33. The molecule has 0 saturated carbocycles. The third kappa shape index (κ3) is 4.13. The number of carbonyl (C=O) groups excluding carboxylic acids is 2. The number of amides is 1. The van der Waals surface area contributed by atoms with Crippen LogP contribution in [0.15, 0.2) is 48.5 Å². The number of nitrogens with one attached hydrogen (secondary N) is 2. The van der Waals surface area contributed by atoms with E-state index in [1.807, 2.05) is 36.4 Å². The molecule has 0 bridgehead atoms. The van der Waals surface area contributed by atoms with E-state index in [9.17, 15) is 9.59 Å². The number of ketones is 1. The summed E-state index contributed by atoms with van der Waals surface area (Å²) in [5, 5.41) is 3.77. The number of piperazine rings is 1. The molecule has 5 rings (SSSR count). The maximum absolute atomic E-state index is 13.0. The number of likely N-dealkylation sites (N-methyl/N-ethyl adjacent to an activating group) is 1. The van der Waals surface area contributed by atoms with Gasteiger partial charge in [0.1, 0.15) is 11.7 Å². The number of Topliss-reactive ketones (excluding diaryl/α,β-unsaturated/α-hetero) is 1. The van der Waals surface area contributed by atoms with E-state index in [1.165, 1.54) is 0 Å². The first-order valence-electron chi connectivity index (χ1n) is 11.2. The lowest BCUT2D eigenvalue weighted by molar-refractivity contribution is -0.116. The molecule has 1 saturated heterocycles. The van der Waals surface area contributed by atoms with E-state index in [1.54, 1.807) is 12.1 Å². The molecule has 1 atom stereocenters. The first-order chi connectivity index (χ1) is 15.6. The van der Waals surface area contributed by atoms with Crippen LogP contribution in [0.4, 0.5) is 5.69 Å². The van der Waals surface area contributed by atoms with E-state index in [0.717, 1.165) is 55.8 Å². The van der Waals surface area contributed by atoms with Gasteiger partial charge in [-0.25, -0.2) is 0 Å². The van der Waals surface area contributed by atoms with Gasteiger partial charge in [-0.3, -0.25) is 9.59 Å². The molecule has 3 heterocycles. The minimum Gasteiger partial charge on any atom is -0.494 e.